The minimum Gasteiger partial charge on any atom is -0.303 e. The Balaban J connectivity index is 2.56. The van der Waals surface area contributed by atoms with Gasteiger partial charge in [0.1, 0.15) is 6.29 Å². The Bertz CT molecular complexity index is 151. The predicted octanol–water partition coefficient (Wildman–Crippen LogP) is 2.89. The van der Waals surface area contributed by atoms with Gasteiger partial charge in [-0.15, -0.1) is 0 Å². The maximum atomic E-state index is 10.8. The summed E-state index contributed by atoms with van der Waals surface area (Å²) in [7, 11) is 0. The second-order valence-corrected chi connectivity index (χ2v) is 4.63. The van der Waals surface area contributed by atoms with Crippen molar-refractivity contribution in [1.82, 2.24) is 0 Å². The third-order valence-corrected chi connectivity index (χ3v) is 3.25. The minimum absolute atomic E-state index is 0.341. The summed E-state index contributed by atoms with van der Waals surface area (Å²) in [4.78, 5) is 10.8. The zero-order valence-corrected chi connectivity index (χ0v) is 8.42. The van der Waals surface area contributed by atoms with E-state index in [0.717, 1.165) is 12.3 Å². The summed E-state index contributed by atoms with van der Waals surface area (Å²) in [6.45, 7) is 6.72. The molecule has 0 heterocycles. The highest BCUT2D eigenvalue weighted by atomic mass is 16.1. The maximum Gasteiger partial charge on any atom is 0.123 e. The molecule has 0 bridgehead atoms. The van der Waals surface area contributed by atoms with Crippen molar-refractivity contribution >= 4 is 6.29 Å². The third-order valence-electron chi connectivity index (χ3n) is 3.25. The molecule has 0 amide bonds. The van der Waals surface area contributed by atoms with E-state index in [2.05, 4.69) is 20.8 Å². The van der Waals surface area contributed by atoms with E-state index in [1.807, 2.05) is 0 Å². The SMILES string of the molecule is CC(C)[C@H]1CC[C@@H](C)C[C@H]1C=O. The Morgan fingerprint density at radius 1 is 1.33 bits per heavy atom. The first-order valence-electron chi connectivity index (χ1n) is 5.10. The highest BCUT2D eigenvalue weighted by Gasteiger charge is 2.29. The van der Waals surface area contributed by atoms with Crippen molar-refractivity contribution in [2.24, 2.45) is 23.7 Å². The first-order valence-corrected chi connectivity index (χ1v) is 5.10. The molecule has 70 valence electrons. The third kappa shape index (κ3) is 2.09. The van der Waals surface area contributed by atoms with Crippen LogP contribution in [0.1, 0.15) is 40.0 Å². The van der Waals surface area contributed by atoms with Gasteiger partial charge in [-0.05, 0) is 30.6 Å². The molecule has 0 aromatic heterocycles. The van der Waals surface area contributed by atoms with Crippen LogP contribution in [0.2, 0.25) is 0 Å². The molecule has 0 aliphatic heterocycles. The van der Waals surface area contributed by atoms with Crippen LogP contribution in [-0.2, 0) is 4.79 Å². The fourth-order valence-corrected chi connectivity index (χ4v) is 2.43. The molecule has 0 aromatic carbocycles. The van der Waals surface area contributed by atoms with Crippen LogP contribution in [0.25, 0.3) is 0 Å². The van der Waals surface area contributed by atoms with E-state index in [-0.39, 0.29) is 0 Å². The molecule has 1 heteroatoms. The number of rotatable bonds is 2. The van der Waals surface area contributed by atoms with Crippen molar-refractivity contribution in [3.63, 3.8) is 0 Å². The largest absolute Gasteiger partial charge is 0.303 e. The van der Waals surface area contributed by atoms with Gasteiger partial charge in [-0.25, -0.2) is 0 Å². The maximum absolute atomic E-state index is 10.8. The number of hydrogen-bond donors (Lipinski definition) is 0. The standard InChI is InChI=1S/C11H20O/c1-8(2)11-5-4-9(3)6-10(11)7-12/h7-11H,4-6H2,1-3H3/t9-,10+,11-/m1/s1. The molecule has 1 aliphatic rings. The number of aldehydes is 1. The van der Waals surface area contributed by atoms with Gasteiger partial charge in [0.15, 0.2) is 0 Å². The summed E-state index contributed by atoms with van der Waals surface area (Å²) in [5.41, 5.74) is 0. The molecule has 0 saturated heterocycles. The minimum atomic E-state index is 0.341. The van der Waals surface area contributed by atoms with Gasteiger partial charge < -0.3 is 4.79 Å². The Kier molecular flexibility index (Phi) is 3.30. The van der Waals surface area contributed by atoms with Gasteiger partial charge >= 0.3 is 0 Å². The van der Waals surface area contributed by atoms with Crippen LogP contribution in [0.4, 0.5) is 0 Å². The zero-order chi connectivity index (χ0) is 9.14. The molecule has 1 rings (SSSR count). The molecular weight excluding hydrogens is 148 g/mol. The lowest BCUT2D eigenvalue weighted by Gasteiger charge is -2.34. The van der Waals surface area contributed by atoms with Crippen LogP contribution in [0.3, 0.4) is 0 Å². The van der Waals surface area contributed by atoms with Gasteiger partial charge in [0.2, 0.25) is 0 Å². The molecular formula is C11H20O. The van der Waals surface area contributed by atoms with Crippen molar-refractivity contribution in [3.05, 3.63) is 0 Å². The number of hydrogen-bond acceptors (Lipinski definition) is 1. The van der Waals surface area contributed by atoms with Gasteiger partial charge in [-0.2, -0.15) is 0 Å². The Labute approximate surface area is 75.5 Å². The van der Waals surface area contributed by atoms with Crippen molar-refractivity contribution in [3.8, 4) is 0 Å². The first-order chi connectivity index (χ1) is 5.65. The van der Waals surface area contributed by atoms with E-state index in [1.54, 1.807) is 0 Å². The molecule has 12 heavy (non-hydrogen) atoms. The Morgan fingerprint density at radius 3 is 2.50 bits per heavy atom. The van der Waals surface area contributed by atoms with Gasteiger partial charge in [0, 0.05) is 5.92 Å². The monoisotopic (exact) mass is 168 g/mol. The lowest BCUT2D eigenvalue weighted by atomic mass is 9.71. The van der Waals surface area contributed by atoms with Crippen LogP contribution >= 0.6 is 0 Å². The van der Waals surface area contributed by atoms with Crippen LogP contribution in [0, 0.1) is 23.7 Å². The second-order valence-electron chi connectivity index (χ2n) is 4.63. The molecule has 1 aliphatic carbocycles. The van der Waals surface area contributed by atoms with Gasteiger partial charge in [0.25, 0.3) is 0 Å². The summed E-state index contributed by atoms with van der Waals surface area (Å²) in [6, 6.07) is 0. The molecule has 0 radical (unpaired) electrons. The Hall–Kier alpha value is -0.330. The van der Waals surface area contributed by atoms with Crippen molar-refractivity contribution < 1.29 is 4.79 Å². The summed E-state index contributed by atoms with van der Waals surface area (Å²) < 4.78 is 0. The van der Waals surface area contributed by atoms with Crippen molar-refractivity contribution in [1.29, 1.82) is 0 Å². The van der Waals surface area contributed by atoms with E-state index in [1.165, 1.54) is 19.1 Å². The lowest BCUT2D eigenvalue weighted by Crippen LogP contribution is -2.28. The van der Waals surface area contributed by atoms with E-state index in [9.17, 15) is 4.79 Å². The molecule has 0 N–H and O–H groups in total. The molecule has 1 fully saturated rings. The van der Waals surface area contributed by atoms with Crippen LogP contribution in [-0.4, -0.2) is 6.29 Å². The fourth-order valence-electron chi connectivity index (χ4n) is 2.43. The predicted molar refractivity (Wildman–Crippen MR) is 50.9 cm³/mol. The van der Waals surface area contributed by atoms with E-state index in [4.69, 9.17) is 0 Å². The van der Waals surface area contributed by atoms with E-state index in [0.29, 0.717) is 17.8 Å². The van der Waals surface area contributed by atoms with Crippen LogP contribution in [0.15, 0.2) is 0 Å². The van der Waals surface area contributed by atoms with Gasteiger partial charge in [-0.1, -0.05) is 27.2 Å². The number of carbonyl (C=O) groups is 1. The summed E-state index contributed by atoms with van der Waals surface area (Å²) >= 11 is 0. The van der Waals surface area contributed by atoms with E-state index >= 15 is 0 Å². The smallest absolute Gasteiger partial charge is 0.123 e. The first kappa shape index (κ1) is 9.76. The fraction of sp³-hybridized carbons (Fsp3) is 0.909. The summed E-state index contributed by atoms with van der Waals surface area (Å²) in [5, 5.41) is 0. The zero-order valence-electron chi connectivity index (χ0n) is 8.42. The van der Waals surface area contributed by atoms with Crippen molar-refractivity contribution in [2.75, 3.05) is 0 Å². The highest BCUT2D eigenvalue weighted by molar-refractivity contribution is 5.54. The quantitative estimate of drug-likeness (QED) is 0.579. The molecule has 1 saturated carbocycles. The summed E-state index contributed by atoms with van der Waals surface area (Å²) in [5.74, 6) is 2.43. The molecule has 0 unspecified atom stereocenters. The molecule has 1 nitrogen and oxygen atoms in total. The molecule has 0 spiro atoms. The van der Waals surface area contributed by atoms with E-state index < -0.39 is 0 Å². The molecule has 3 atom stereocenters. The normalized spacial score (nSPS) is 36.8. The average molecular weight is 168 g/mol. The van der Waals surface area contributed by atoms with Crippen LogP contribution < -0.4 is 0 Å². The van der Waals surface area contributed by atoms with Gasteiger partial charge in [0.05, 0.1) is 0 Å². The molecule has 0 aromatic rings. The summed E-state index contributed by atoms with van der Waals surface area (Å²) in [6.07, 6.45) is 4.86. The average Bonchev–Trinajstić information content (AvgIpc) is 2.03. The topological polar surface area (TPSA) is 17.1 Å². The second kappa shape index (κ2) is 4.06. The number of carbonyl (C=O) groups excluding carboxylic acids is 1. The van der Waals surface area contributed by atoms with Crippen LogP contribution in [0.5, 0.6) is 0 Å². The Morgan fingerprint density at radius 2 is 2.00 bits per heavy atom. The highest BCUT2D eigenvalue weighted by Crippen LogP contribution is 2.36. The van der Waals surface area contributed by atoms with Crippen molar-refractivity contribution in [2.45, 2.75) is 40.0 Å². The van der Waals surface area contributed by atoms with Gasteiger partial charge in [-0.3, -0.25) is 0 Å². The lowest BCUT2D eigenvalue weighted by molar-refractivity contribution is -0.114.